The van der Waals surface area contributed by atoms with E-state index in [1.165, 1.54) is 0 Å². The molecule has 0 aromatic rings. The molecule has 0 heterocycles. The number of hydrogen-bond acceptors (Lipinski definition) is 6. The summed E-state index contributed by atoms with van der Waals surface area (Å²) in [6, 6.07) is 0. The van der Waals surface area contributed by atoms with Gasteiger partial charge in [-0.3, -0.25) is 0 Å². The van der Waals surface area contributed by atoms with Crippen molar-refractivity contribution in [2.45, 2.75) is 58.0 Å². The first-order valence-electron chi connectivity index (χ1n) is 8.56. The summed E-state index contributed by atoms with van der Waals surface area (Å²) in [5.74, 6) is -2.15. The Bertz CT molecular complexity index is 515. The van der Waals surface area contributed by atoms with Crippen molar-refractivity contribution >= 4 is 28.6 Å². The second-order valence-electron chi connectivity index (χ2n) is 7.36. The van der Waals surface area contributed by atoms with E-state index < -0.39 is 47.1 Å². The maximum atomic E-state index is 11.9. The van der Waals surface area contributed by atoms with Gasteiger partial charge in [-0.25, -0.2) is 9.59 Å². The molecule has 0 aliphatic heterocycles. The molecule has 0 aliphatic carbocycles. The molecule has 0 fully saturated rings. The van der Waals surface area contributed by atoms with Gasteiger partial charge in [0.1, 0.15) is 12.3 Å². The molecule has 1 unspecified atom stereocenters. The van der Waals surface area contributed by atoms with Gasteiger partial charge in [-0.05, 0) is 39.2 Å². The number of carbonyl (C=O) groups is 2. The van der Waals surface area contributed by atoms with Crippen molar-refractivity contribution in [2.75, 3.05) is 19.8 Å². The first kappa shape index (κ1) is 25.8. The van der Waals surface area contributed by atoms with Gasteiger partial charge in [0.2, 0.25) is 8.32 Å². The van der Waals surface area contributed by atoms with Gasteiger partial charge in [-0.2, -0.15) is 13.2 Å². The Hall–Kier alpha value is -1.18. The van der Waals surface area contributed by atoms with E-state index in [1.807, 2.05) is 20.0 Å². The van der Waals surface area contributed by atoms with Crippen molar-refractivity contribution in [2.24, 2.45) is 0 Å². The molecule has 0 rings (SSSR count). The van der Waals surface area contributed by atoms with E-state index in [0.717, 1.165) is 12.5 Å². The molecular formula is C16H29F3O6Si2. The molecule has 0 saturated carbocycles. The largest absolute Gasteiger partial charge is 0.460 e. The lowest BCUT2D eigenvalue weighted by molar-refractivity contribution is -0.182. The van der Waals surface area contributed by atoms with Gasteiger partial charge in [-0.15, -0.1) is 0 Å². The van der Waals surface area contributed by atoms with Crippen molar-refractivity contribution in [1.29, 1.82) is 0 Å². The fourth-order valence-corrected chi connectivity index (χ4v) is 9.95. The van der Waals surface area contributed by atoms with Crippen LogP contribution in [-0.2, 0) is 27.9 Å². The number of halogens is 3. The molecule has 0 saturated heterocycles. The number of ether oxygens (including phenoxy) is 3. The highest BCUT2D eigenvalue weighted by Gasteiger charge is 2.39. The first-order chi connectivity index (χ1) is 12.2. The molecule has 1 atom stereocenters. The maximum absolute atomic E-state index is 11.9. The highest BCUT2D eigenvalue weighted by Crippen LogP contribution is 2.20. The average molecular weight is 431 g/mol. The SMILES string of the molecule is CCCOC(COC(=O)C=CC(=O)OCC(F)(F)F)[Si](C)(C)O[Si](C)(C)C. The zero-order valence-electron chi connectivity index (χ0n) is 16.6. The smallest absolute Gasteiger partial charge is 0.422 e. The molecule has 0 spiro atoms. The lowest BCUT2D eigenvalue weighted by Gasteiger charge is -2.37. The molecule has 11 heteroatoms. The van der Waals surface area contributed by atoms with Crippen LogP contribution in [0.4, 0.5) is 13.2 Å². The van der Waals surface area contributed by atoms with E-state index in [2.05, 4.69) is 24.4 Å². The zero-order valence-corrected chi connectivity index (χ0v) is 18.6. The molecule has 0 radical (unpaired) electrons. The molecule has 158 valence electrons. The predicted octanol–water partition coefficient (Wildman–Crippen LogP) is 3.58. The van der Waals surface area contributed by atoms with Crippen LogP contribution in [0.5, 0.6) is 0 Å². The van der Waals surface area contributed by atoms with Crippen LogP contribution >= 0.6 is 0 Å². The molecule has 0 aromatic heterocycles. The number of esters is 2. The summed E-state index contributed by atoms with van der Waals surface area (Å²) < 4.78 is 56.9. The van der Waals surface area contributed by atoms with Gasteiger partial charge >= 0.3 is 18.1 Å². The zero-order chi connectivity index (χ0) is 21.3. The van der Waals surface area contributed by atoms with Gasteiger partial charge < -0.3 is 18.3 Å². The van der Waals surface area contributed by atoms with Gasteiger partial charge in [-0.1, -0.05) is 6.92 Å². The fourth-order valence-electron chi connectivity index (χ4n) is 2.11. The summed E-state index contributed by atoms with van der Waals surface area (Å²) in [6.07, 6.45) is -2.52. The summed E-state index contributed by atoms with van der Waals surface area (Å²) in [5, 5.41) is 0. The van der Waals surface area contributed by atoms with Crippen molar-refractivity contribution in [1.82, 2.24) is 0 Å². The summed E-state index contributed by atoms with van der Waals surface area (Å²) in [7, 11) is -4.16. The lowest BCUT2D eigenvalue weighted by atomic mass is 10.5. The highest BCUT2D eigenvalue weighted by atomic mass is 28.4. The van der Waals surface area contributed by atoms with Crippen molar-refractivity contribution in [3.8, 4) is 0 Å². The Morgan fingerprint density at radius 3 is 1.96 bits per heavy atom. The van der Waals surface area contributed by atoms with Crippen LogP contribution in [0.15, 0.2) is 12.2 Å². The molecule has 27 heavy (non-hydrogen) atoms. The van der Waals surface area contributed by atoms with Crippen LogP contribution in [-0.4, -0.2) is 60.3 Å². The highest BCUT2D eigenvalue weighted by molar-refractivity contribution is 6.84. The third-order valence-corrected chi connectivity index (χ3v) is 9.42. The van der Waals surface area contributed by atoms with Crippen LogP contribution in [0.3, 0.4) is 0 Å². The Balaban J connectivity index is 4.71. The Labute approximate surface area is 160 Å². The average Bonchev–Trinajstić information content (AvgIpc) is 2.47. The van der Waals surface area contributed by atoms with Crippen molar-refractivity contribution in [3.63, 3.8) is 0 Å². The van der Waals surface area contributed by atoms with Crippen molar-refractivity contribution < 1.29 is 41.1 Å². The first-order valence-corrected chi connectivity index (χ1v) is 15.0. The molecular weight excluding hydrogens is 401 g/mol. The quantitative estimate of drug-likeness (QED) is 0.283. The molecule has 6 nitrogen and oxygen atoms in total. The van der Waals surface area contributed by atoms with E-state index in [1.54, 1.807) is 0 Å². The van der Waals surface area contributed by atoms with Crippen LogP contribution < -0.4 is 0 Å². The van der Waals surface area contributed by atoms with Gasteiger partial charge in [0, 0.05) is 18.8 Å². The van der Waals surface area contributed by atoms with Crippen LogP contribution in [0.1, 0.15) is 13.3 Å². The second kappa shape index (κ2) is 11.0. The normalized spacial score (nSPS) is 14.3. The molecule has 0 bridgehead atoms. The minimum atomic E-state index is -4.62. The Kier molecular flexibility index (Phi) is 10.5. The molecule has 0 aromatic carbocycles. The molecule has 0 aliphatic rings. The van der Waals surface area contributed by atoms with E-state index in [0.29, 0.717) is 12.7 Å². The van der Waals surface area contributed by atoms with Crippen LogP contribution in [0.25, 0.3) is 0 Å². The fraction of sp³-hybridized carbons (Fsp3) is 0.750. The summed E-state index contributed by atoms with van der Waals surface area (Å²) >= 11 is 0. The monoisotopic (exact) mass is 430 g/mol. The summed E-state index contributed by atoms with van der Waals surface area (Å²) in [4.78, 5) is 22.9. The minimum Gasteiger partial charge on any atom is -0.460 e. The topological polar surface area (TPSA) is 71.1 Å². The van der Waals surface area contributed by atoms with E-state index in [9.17, 15) is 22.8 Å². The second-order valence-corrected chi connectivity index (χ2v) is 16.3. The summed E-state index contributed by atoms with van der Waals surface area (Å²) in [6.45, 7) is 10.8. The minimum absolute atomic E-state index is 0.0650. The summed E-state index contributed by atoms with van der Waals surface area (Å²) in [5.41, 5.74) is -0.404. The number of rotatable bonds is 11. The van der Waals surface area contributed by atoms with Crippen molar-refractivity contribution in [3.05, 3.63) is 12.2 Å². The maximum Gasteiger partial charge on any atom is 0.422 e. The number of alkyl halides is 3. The van der Waals surface area contributed by atoms with Crippen LogP contribution in [0, 0.1) is 0 Å². The number of carbonyl (C=O) groups excluding carboxylic acids is 2. The molecule has 0 N–H and O–H groups in total. The lowest BCUT2D eigenvalue weighted by Crippen LogP contribution is -2.54. The molecule has 0 amide bonds. The van der Waals surface area contributed by atoms with Gasteiger partial charge in [0.15, 0.2) is 14.9 Å². The standard InChI is InChI=1S/C16H29F3O6Si2/c1-7-10-22-15(27(5,6)25-26(2,3)4)11-23-13(20)8-9-14(21)24-12-16(17,18)19/h8-9,15H,7,10-12H2,1-6H3. The van der Waals surface area contributed by atoms with E-state index >= 15 is 0 Å². The van der Waals surface area contributed by atoms with Gasteiger partial charge in [0.05, 0.1) is 0 Å². The van der Waals surface area contributed by atoms with Gasteiger partial charge in [0.25, 0.3) is 0 Å². The number of hydrogen-bond donors (Lipinski definition) is 0. The predicted molar refractivity (Wildman–Crippen MR) is 99.1 cm³/mol. The van der Waals surface area contributed by atoms with E-state index in [-0.39, 0.29) is 6.61 Å². The van der Waals surface area contributed by atoms with Crippen LogP contribution in [0.2, 0.25) is 32.7 Å². The Morgan fingerprint density at radius 1 is 1.00 bits per heavy atom. The van der Waals surface area contributed by atoms with E-state index in [4.69, 9.17) is 13.6 Å². The Morgan fingerprint density at radius 2 is 1.52 bits per heavy atom. The third-order valence-electron chi connectivity index (χ3n) is 2.98. The third kappa shape index (κ3) is 13.6.